The van der Waals surface area contributed by atoms with Crippen LogP contribution in [0, 0.1) is 11.3 Å². The van der Waals surface area contributed by atoms with Gasteiger partial charge >= 0.3 is 11.9 Å². The lowest BCUT2D eigenvalue weighted by Gasteiger charge is -2.05. The van der Waals surface area contributed by atoms with Gasteiger partial charge in [-0.1, -0.05) is 0 Å². The van der Waals surface area contributed by atoms with E-state index in [9.17, 15) is 9.59 Å². The molecule has 0 spiro atoms. The number of nitriles is 1. The molecule has 0 heterocycles. The summed E-state index contributed by atoms with van der Waals surface area (Å²) in [7, 11) is 0. The Morgan fingerprint density at radius 1 is 0.905 bits per heavy atom. The molecule has 0 fully saturated rings. The molecule has 2 aromatic rings. The summed E-state index contributed by atoms with van der Waals surface area (Å²) in [5, 5.41) is 8.68. The molecule has 0 atom stereocenters. The zero-order valence-corrected chi connectivity index (χ0v) is 11.2. The van der Waals surface area contributed by atoms with Crippen molar-refractivity contribution in [2.45, 2.75) is 6.92 Å². The third-order valence-electron chi connectivity index (χ3n) is 2.55. The number of nitrogens with zero attached hydrogens (tertiary/aromatic N) is 1. The summed E-state index contributed by atoms with van der Waals surface area (Å²) in [6, 6.07) is 14.2. The van der Waals surface area contributed by atoms with E-state index in [1.807, 2.05) is 6.07 Å². The van der Waals surface area contributed by atoms with Crippen LogP contribution in [0.4, 0.5) is 0 Å². The van der Waals surface area contributed by atoms with Crippen molar-refractivity contribution in [3.8, 4) is 17.6 Å². The maximum Gasteiger partial charge on any atom is 0.343 e. The number of hydrogen-bond donors (Lipinski definition) is 0. The molecule has 0 N–H and O–H groups in total. The van der Waals surface area contributed by atoms with E-state index < -0.39 is 11.9 Å². The molecule has 104 valence electrons. The minimum Gasteiger partial charge on any atom is -0.427 e. The number of carbonyl (C=O) groups excluding carboxylic acids is 2. The summed E-state index contributed by atoms with van der Waals surface area (Å²) < 4.78 is 10.0. The van der Waals surface area contributed by atoms with Crippen LogP contribution >= 0.6 is 0 Å². The topological polar surface area (TPSA) is 76.4 Å². The fourth-order valence-corrected chi connectivity index (χ4v) is 1.59. The van der Waals surface area contributed by atoms with Crippen LogP contribution in [0.15, 0.2) is 48.5 Å². The molecule has 0 bridgehead atoms. The van der Waals surface area contributed by atoms with E-state index in [0.717, 1.165) is 0 Å². The van der Waals surface area contributed by atoms with Gasteiger partial charge in [0.15, 0.2) is 0 Å². The number of ether oxygens (including phenoxy) is 2. The van der Waals surface area contributed by atoms with Crippen molar-refractivity contribution in [3.63, 3.8) is 0 Å². The molecule has 0 aliphatic heterocycles. The Labute approximate surface area is 121 Å². The third-order valence-corrected chi connectivity index (χ3v) is 2.55. The molecule has 0 unspecified atom stereocenters. The van der Waals surface area contributed by atoms with Crippen molar-refractivity contribution >= 4 is 11.9 Å². The summed E-state index contributed by atoms with van der Waals surface area (Å²) >= 11 is 0. The summed E-state index contributed by atoms with van der Waals surface area (Å²) in [5.74, 6) is -0.252. The van der Waals surface area contributed by atoms with Crippen LogP contribution in [-0.4, -0.2) is 11.9 Å². The fourth-order valence-electron chi connectivity index (χ4n) is 1.59. The van der Waals surface area contributed by atoms with Gasteiger partial charge in [0.1, 0.15) is 11.5 Å². The van der Waals surface area contributed by atoms with Crippen LogP contribution in [0.25, 0.3) is 0 Å². The lowest BCUT2D eigenvalue weighted by molar-refractivity contribution is -0.131. The van der Waals surface area contributed by atoms with Gasteiger partial charge in [-0.15, -0.1) is 0 Å². The van der Waals surface area contributed by atoms with Crippen LogP contribution in [0.5, 0.6) is 11.5 Å². The average molecular weight is 281 g/mol. The van der Waals surface area contributed by atoms with Crippen LogP contribution in [0.3, 0.4) is 0 Å². The van der Waals surface area contributed by atoms with E-state index in [4.69, 9.17) is 14.7 Å². The minimum absolute atomic E-state index is 0.329. The van der Waals surface area contributed by atoms with E-state index in [2.05, 4.69) is 0 Å². The standard InChI is InChI=1S/C16H11NO4/c1-11(18)20-14-8-4-13(5-9-14)16(19)21-15-6-2-12(10-17)3-7-15/h2-9H,1H3. The van der Waals surface area contributed by atoms with Crippen molar-refractivity contribution < 1.29 is 19.1 Å². The van der Waals surface area contributed by atoms with Crippen molar-refractivity contribution in [1.82, 2.24) is 0 Å². The molecular formula is C16H11NO4. The molecule has 0 aromatic heterocycles. The highest BCUT2D eigenvalue weighted by Crippen LogP contribution is 2.16. The molecule has 0 aliphatic carbocycles. The van der Waals surface area contributed by atoms with Crippen LogP contribution in [0.1, 0.15) is 22.8 Å². The minimum atomic E-state index is -0.533. The Morgan fingerprint density at radius 2 is 1.43 bits per heavy atom. The Hall–Kier alpha value is -3.13. The van der Waals surface area contributed by atoms with Crippen molar-refractivity contribution in [1.29, 1.82) is 5.26 Å². The zero-order valence-electron chi connectivity index (χ0n) is 11.2. The zero-order chi connectivity index (χ0) is 15.2. The smallest absolute Gasteiger partial charge is 0.343 e. The first-order chi connectivity index (χ1) is 10.1. The predicted octanol–water partition coefficient (Wildman–Crippen LogP) is 2.70. The van der Waals surface area contributed by atoms with Gasteiger partial charge in [0.2, 0.25) is 0 Å². The SMILES string of the molecule is CC(=O)Oc1ccc(C(=O)Oc2ccc(C#N)cc2)cc1. The van der Waals surface area contributed by atoms with Gasteiger partial charge in [-0.05, 0) is 48.5 Å². The molecule has 5 heteroatoms. The highest BCUT2D eigenvalue weighted by Gasteiger charge is 2.09. The van der Waals surface area contributed by atoms with E-state index in [-0.39, 0.29) is 0 Å². The van der Waals surface area contributed by atoms with Crippen molar-refractivity contribution in [2.24, 2.45) is 0 Å². The monoisotopic (exact) mass is 281 g/mol. The highest BCUT2D eigenvalue weighted by atomic mass is 16.5. The first-order valence-electron chi connectivity index (χ1n) is 6.09. The molecule has 0 saturated heterocycles. The number of hydrogen-bond acceptors (Lipinski definition) is 5. The van der Waals surface area contributed by atoms with E-state index >= 15 is 0 Å². The van der Waals surface area contributed by atoms with Gasteiger partial charge in [-0.2, -0.15) is 5.26 Å². The Morgan fingerprint density at radius 3 is 1.95 bits per heavy atom. The quantitative estimate of drug-likeness (QED) is 0.638. The van der Waals surface area contributed by atoms with Gasteiger partial charge in [0.25, 0.3) is 0 Å². The molecule has 0 aliphatic rings. The number of esters is 2. The van der Waals surface area contributed by atoms with Crippen LogP contribution < -0.4 is 9.47 Å². The second kappa shape index (κ2) is 6.35. The molecule has 21 heavy (non-hydrogen) atoms. The lowest BCUT2D eigenvalue weighted by Crippen LogP contribution is -2.08. The second-order valence-corrected chi connectivity index (χ2v) is 4.14. The van der Waals surface area contributed by atoms with E-state index in [0.29, 0.717) is 22.6 Å². The lowest BCUT2D eigenvalue weighted by atomic mass is 10.2. The van der Waals surface area contributed by atoms with Gasteiger partial charge in [-0.3, -0.25) is 4.79 Å². The summed E-state index contributed by atoms with van der Waals surface area (Å²) in [6.07, 6.45) is 0. The van der Waals surface area contributed by atoms with Gasteiger partial charge < -0.3 is 9.47 Å². The van der Waals surface area contributed by atoms with E-state index in [1.54, 1.807) is 24.3 Å². The van der Waals surface area contributed by atoms with Crippen molar-refractivity contribution in [2.75, 3.05) is 0 Å². The molecule has 0 saturated carbocycles. The molecule has 2 aromatic carbocycles. The number of rotatable bonds is 3. The molecule has 5 nitrogen and oxygen atoms in total. The largest absolute Gasteiger partial charge is 0.427 e. The Kier molecular flexibility index (Phi) is 4.32. The average Bonchev–Trinajstić information content (AvgIpc) is 2.48. The predicted molar refractivity (Wildman–Crippen MR) is 73.9 cm³/mol. The Bertz CT molecular complexity index is 697. The van der Waals surface area contributed by atoms with Crippen LogP contribution in [-0.2, 0) is 4.79 Å². The second-order valence-electron chi connectivity index (χ2n) is 4.14. The molecule has 2 rings (SSSR count). The van der Waals surface area contributed by atoms with E-state index in [1.165, 1.54) is 31.2 Å². The maximum absolute atomic E-state index is 11.9. The molecular weight excluding hydrogens is 270 g/mol. The van der Waals surface area contributed by atoms with Gasteiger partial charge in [-0.25, -0.2) is 4.79 Å². The van der Waals surface area contributed by atoms with Gasteiger partial charge in [0, 0.05) is 6.92 Å². The highest BCUT2D eigenvalue weighted by molar-refractivity contribution is 5.91. The first kappa shape index (κ1) is 14.3. The third kappa shape index (κ3) is 3.91. The maximum atomic E-state index is 11.9. The fraction of sp³-hybridized carbons (Fsp3) is 0.0625. The van der Waals surface area contributed by atoms with Crippen molar-refractivity contribution in [3.05, 3.63) is 59.7 Å². The number of carbonyl (C=O) groups is 2. The molecule has 0 radical (unpaired) electrons. The Balaban J connectivity index is 2.05. The molecule has 0 amide bonds. The summed E-state index contributed by atoms with van der Waals surface area (Å²) in [6.45, 7) is 1.30. The number of benzene rings is 2. The van der Waals surface area contributed by atoms with Gasteiger partial charge in [0.05, 0.1) is 17.2 Å². The summed E-state index contributed by atoms with van der Waals surface area (Å²) in [4.78, 5) is 22.7. The summed E-state index contributed by atoms with van der Waals surface area (Å²) in [5.41, 5.74) is 0.816. The first-order valence-corrected chi connectivity index (χ1v) is 6.09. The normalized spacial score (nSPS) is 9.52. The van der Waals surface area contributed by atoms with Crippen LogP contribution in [0.2, 0.25) is 0 Å².